The molecule has 0 spiro atoms. The van der Waals surface area contributed by atoms with Crippen LogP contribution in [0.2, 0.25) is 0 Å². The Labute approximate surface area is 126 Å². The van der Waals surface area contributed by atoms with E-state index in [1.807, 2.05) is 32.2 Å². The van der Waals surface area contributed by atoms with Crippen LogP contribution >= 0.6 is 0 Å². The van der Waals surface area contributed by atoms with Crippen molar-refractivity contribution in [1.82, 2.24) is 4.90 Å². The van der Waals surface area contributed by atoms with Gasteiger partial charge in [0.05, 0.1) is 5.25 Å². The summed E-state index contributed by atoms with van der Waals surface area (Å²) in [6, 6.07) is 7.33. The number of anilines is 1. The van der Waals surface area contributed by atoms with Gasteiger partial charge in [0, 0.05) is 5.69 Å². The number of amides is 1. The van der Waals surface area contributed by atoms with E-state index in [0.717, 1.165) is 18.7 Å². The topological polar surface area (TPSA) is 66.5 Å². The van der Waals surface area contributed by atoms with Crippen LogP contribution in [0.15, 0.2) is 24.3 Å². The summed E-state index contributed by atoms with van der Waals surface area (Å²) >= 11 is 0. The fourth-order valence-corrected chi connectivity index (χ4v) is 4.17. The molecule has 5 nitrogen and oxygen atoms in total. The van der Waals surface area contributed by atoms with Crippen LogP contribution in [0.4, 0.5) is 5.69 Å². The number of piperidine rings is 1. The summed E-state index contributed by atoms with van der Waals surface area (Å²) in [4.78, 5) is 14.1. The molecule has 1 heterocycles. The van der Waals surface area contributed by atoms with Crippen molar-refractivity contribution in [3.63, 3.8) is 0 Å². The van der Waals surface area contributed by atoms with E-state index >= 15 is 0 Å². The number of nitrogens with zero attached hydrogens (tertiary/aromatic N) is 1. The molecule has 0 radical (unpaired) electrons. The molecular formula is C15H22N2O3S. The van der Waals surface area contributed by atoms with E-state index in [1.54, 1.807) is 6.07 Å². The van der Waals surface area contributed by atoms with Crippen LogP contribution in [0.5, 0.6) is 0 Å². The third-order valence-electron chi connectivity index (χ3n) is 3.81. The Morgan fingerprint density at radius 1 is 1.33 bits per heavy atom. The van der Waals surface area contributed by atoms with Crippen LogP contribution in [0.25, 0.3) is 0 Å². The molecule has 0 aromatic heterocycles. The molecule has 1 aromatic carbocycles. The number of benzene rings is 1. The highest BCUT2D eigenvalue weighted by Gasteiger charge is 2.30. The summed E-state index contributed by atoms with van der Waals surface area (Å²) in [5, 5.41) is 2.27. The molecule has 0 aliphatic carbocycles. The molecule has 2 rings (SSSR count). The monoisotopic (exact) mass is 310 g/mol. The zero-order valence-electron chi connectivity index (χ0n) is 12.5. The molecule has 1 fully saturated rings. The van der Waals surface area contributed by atoms with Gasteiger partial charge in [0.2, 0.25) is 5.91 Å². The number of carbonyl (C=O) groups is 1. The Hall–Kier alpha value is -1.40. The summed E-state index contributed by atoms with van der Waals surface area (Å²) in [7, 11) is -1.40. The van der Waals surface area contributed by atoms with Gasteiger partial charge >= 0.3 is 0 Å². The molecule has 1 aliphatic heterocycles. The van der Waals surface area contributed by atoms with Gasteiger partial charge in [0.15, 0.2) is 9.84 Å². The van der Waals surface area contributed by atoms with Crippen LogP contribution in [-0.2, 0) is 14.6 Å². The highest BCUT2D eigenvalue weighted by molar-refractivity contribution is 7.92. The molecule has 1 saturated heterocycles. The number of rotatable bonds is 4. The second-order valence-corrected chi connectivity index (χ2v) is 8.01. The molecule has 1 aromatic rings. The molecule has 6 heteroatoms. The largest absolute Gasteiger partial charge is 0.325 e. The first kappa shape index (κ1) is 16.0. The van der Waals surface area contributed by atoms with Crippen LogP contribution < -0.4 is 5.32 Å². The van der Waals surface area contributed by atoms with Gasteiger partial charge in [-0.05, 0) is 57.6 Å². The lowest BCUT2D eigenvalue weighted by molar-refractivity contribution is -0.113. The van der Waals surface area contributed by atoms with Crippen molar-refractivity contribution in [3.05, 3.63) is 29.8 Å². The van der Waals surface area contributed by atoms with E-state index < -0.39 is 26.7 Å². The fourth-order valence-electron chi connectivity index (χ4n) is 2.56. The standard InChI is InChI=1S/C15H22N2O3S/c1-12-4-3-5-13(10-12)16-15(18)11-21(19,20)14-6-8-17(2)9-7-14/h3-5,10,14H,6-9,11H2,1-2H3,(H,16,18). The Kier molecular flexibility index (Phi) is 5.00. The third kappa shape index (κ3) is 4.54. The second-order valence-electron chi connectivity index (χ2n) is 5.73. The Morgan fingerprint density at radius 2 is 2.00 bits per heavy atom. The number of aryl methyl sites for hydroxylation is 1. The highest BCUT2D eigenvalue weighted by atomic mass is 32.2. The first-order valence-corrected chi connectivity index (χ1v) is 8.85. The van der Waals surface area contributed by atoms with Gasteiger partial charge in [-0.2, -0.15) is 0 Å². The lowest BCUT2D eigenvalue weighted by atomic mass is 10.1. The van der Waals surface area contributed by atoms with E-state index in [4.69, 9.17) is 0 Å². The average Bonchev–Trinajstić information content (AvgIpc) is 2.38. The fraction of sp³-hybridized carbons (Fsp3) is 0.533. The van der Waals surface area contributed by atoms with Crippen molar-refractivity contribution in [2.75, 3.05) is 31.2 Å². The summed E-state index contributed by atoms with van der Waals surface area (Å²) < 4.78 is 24.6. The predicted molar refractivity (Wildman–Crippen MR) is 84.1 cm³/mol. The van der Waals surface area contributed by atoms with Gasteiger partial charge in [-0.15, -0.1) is 0 Å². The number of likely N-dealkylation sites (tertiary alicyclic amines) is 1. The molecule has 116 valence electrons. The maximum atomic E-state index is 12.3. The van der Waals surface area contributed by atoms with Crippen molar-refractivity contribution in [2.45, 2.75) is 25.0 Å². The molecule has 1 amide bonds. The molecule has 0 unspecified atom stereocenters. The van der Waals surface area contributed by atoms with Crippen LogP contribution in [0.3, 0.4) is 0 Å². The van der Waals surface area contributed by atoms with E-state index in [1.165, 1.54) is 0 Å². The maximum absolute atomic E-state index is 12.3. The summed E-state index contributed by atoms with van der Waals surface area (Å²) in [5.41, 5.74) is 1.66. The predicted octanol–water partition coefficient (Wildman–Crippen LogP) is 1.44. The highest BCUT2D eigenvalue weighted by Crippen LogP contribution is 2.18. The Morgan fingerprint density at radius 3 is 2.62 bits per heavy atom. The van der Waals surface area contributed by atoms with E-state index in [-0.39, 0.29) is 0 Å². The van der Waals surface area contributed by atoms with Crippen molar-refractivity contribution in [1.29, 1.82) is 0 Å². The minimum Gasteiger partial charge on any atom is -0.325 e. The van der Waals surface area contributed by atoms with Crippen molar-refractivity contribution >= 4 is 21.4 Å². The lowest BCUT2D eigenvalue weighted by Gasteiger charge is -2.28. The van der Waals surface area contributed by atoms with Crippen LogP contribution in [0, 0.1) is 6.92 Å². The number of nitrogens with one attached hydrogen (secondary N) is 1. The number of hydrogen-bond acceptors (Lipinski definition) is 4. The minimum atomic E-state index is -3.37. The van der Waals surface area contributed by atoms with E-state index in [2.05, 4.69) is 10.2 Å². The zero-order chi connectivity index (χ0) is 15.5. The Balaban J connectivity index is 1.95. The third-order valence-corrected chi connectivity index (χ3v) is 5.96. The van der Waals surface area contributed by atoms with Crippen LogP contribution in [0.1, 0.15) is 18.4 Å². The summed E-state index contributed by atoms with van der Waals surface area (Å²) in [6.45, 7) is 3.46. The summed E-state index contributed by atoms with van der Waals surface area (Å²) in [6.07, 6.45) is 1.22. The lowest BCUT2D eigenvalue weighted by Crippen LogP contribution is -2.39. The normalized spacial score (nSPS) is 17.6. The van der Waals surface area contributed by atoms with E-state index in [0.29, 0.717) is 18.5 Å². The maximum Gasteiger partial charge on any atom is 0.239 e. The quantitative estimate of drug-likeness (QED) is 0.914. The van der Waals surface area contributed by atoms with Gasteiger partial charge in [-0.1, -0.05) is 12.1 Å². The van der Waals surface area contributed by atoms with Gasteiger partial charge in [0.1, 0.15) is 5.75 Å². The van der Waals surface area contributed by atoms with Gasteiger partial charge in [0.25, 0.3) is 0 Å². The molecule has 0 bridgehead atoms. The molecule has 1 N–H and O–H groups in total. The molecule has 0 atom stereocenters. The molecular weight excluding hydrogens is 288 g/mol. The number of carbonyl (C=O) groups excluding carboxylic acids is 1. The van der Waals surface area contributed by atoms with Crippen LogP contribution in [-0.4, -0.2) is 50.4 Å². The average molecular weight is 310 g/mol. The SMILES string of the molecule is Cc1cccc(NC(=O)CS(=O)(=O)C2CCN(C)CC2)c1. The number of hydrogen-bond donors (Lipinski definition) is 1. The van der Waals surface area contributed by atoms with Crippen molar-refractivity contribution in [3.8, 4) is 0 Å². The van der Waals surface area contributed by atoms with Gasteiger partial charge < -0.3 is 10.2 Å². The molecule has 0 saturated carbocycles. The number of sulfone groups is 1. The van der Waals surface area contributed by atoms with Crippen molar-refractivity contribution < 1.29 is 13.2 Å². The Bertz CT molecular complexity index is 605. The van der Waals surface area contributed by atoms with Gasteiger partial charge in [-0.25, -0.2) is 8.42 Å². The minimum absolute atomic E-state index is 0.392. The smallest absolute Gasteiger partial charge is 0.239 e. The molecule has 21 heavy (non-hydrogen) atoms. The van der Waals surface area contributed by atoms with Gasteiger partial charge in [-0.3, -0.25) is 4.79 Å². The second kappa shape index (κ2) is 6.58. The first-order valence-electron chi connectivity index (χ1n) is 7.13. The van der Waals surface area contributed by atoms with Crippen molar-refractivity contribution in [2.24, 2.45) is 0 Å². The van der Waals surface area contributed by atoms with E-state index in [9.17, 15) is 13.2 Å². The zero-order valence-corrected chi connectivity index (χ0v) is 13.3. The molecule has 1 aliphatic rings. The summed E-state index contributed by atoms with van der Waals surface area (Å²) in [5.74, 6) is -0.894. The first-order chi connectivity index (χ1) is 9.87.